The second-order valence-electron chi connectivity index (χ2n) is 6.58. The number of nitrogens with zero attached hydrogens (tertiary/aromatic N) is 2. The van der Waals surface area contributed by atoms with Gasteiger partial charge in [0.05, 0.1) is 20.6 Å². The number of hydrogen-bond donors (Lipinski definition) is 0. The quantitative estimate of drug-likeness (QED) is 0.792. The first-order valence-corrected chi connectivity index (χ1v) is 9.04. The van der Waals surface area contributed by atoms with Crippen LogP contribution in [-0.4, -0.2) is 62.0 Å². The summed E-state index contributed by atoms with van der Waals surface area (Å²) in [4.78, 5) is 28.7. The van der Waals surface area contributed by atoms with Crippen LogP contribution in [0.25, 0.3) is 0 Å². The number of methoxy groups -OCH3 is 2. The number of rotatable bonds is 5. The molecular weight excluding hydrogens is 363 g/mol. The summed E-state index contributed by atoms with van der Waals surface area (Å²) < 4.78 is 23.7. The van der Waals surface area contributed by atoms with E-state index in [0.717, 1.165) is 0 Å². The van der Waals surface area contributed by atoms with Crippen LogP contribution in [0.4, 0.5) is 4.39 Å². The maximum atomic E-state index is 13.3. The van der Waals surface area contributed by atoms with Crippen LogP contribution in [0, 0.1) is 5.82 Å². The molecule has 7 heteroatoms. The molecule has 1 fully saturated rings. The van der Waals surface area contributed by atoms with Crippen molar-refractivity contribution in [2.75, 3.05) is 40.4 Å². The Bertz CT molecular complexity index is 841. The van der Waals surface area contributed by atoms with E-state index in [9.17, 15) is 14.0 Å². The fourth-order valence-corrected chi connectivity index (χ4v) is 3.21. The lowest BCUT2D eigenvalue weighted by atomic mass is 10.1. The Balaban J connectivity index is 1.60. The number of piperazine rings is 1. The third kappa shape index (κ3) is 4.60. The summed E-state index contributed by atoms with van der Waals surface area (Å²) in [5, 5.41) is 0. The topological polar surface area (TPSA) is 59.1 Å². The minimum absolute atomic E-state index is 0.0688. The molecule has 1 heterocycles. The number of halogens is 1. The van der Waals surface area contributed by atoms with Crippen molar-refractivity contribution in [2.45, 2.75) is 6.42 Å². The van der Waals surface area contributed by atoms with Crippen LogP contribution in [0.5, 0.6) is 11.5 Å². The zero-order valence-corrected chi connectivity index (χ0v) is 16.0. The van der Waals surface area contributed by atoms with Crippen molar-refractivity contribution < 1.29 is 23.5 Å². The van der Waals surface area contributed by atoms with E-state index in [1.807, 2.05) is 0 Å². The Morgan fingerprint density at radius 1 is 0.929 bits per heavy atom. The molecule has 0 radical (unpaired) electrons. The summed E-state index contributed by atoms with van der Waals surface area (Å²) in [5.41, 5.74) is 1.13. The van der Waals surface area contributed by atoms with Crippen molar-refractivity contribution in [3.05, 3.63) is 59.4 Å². The van der Waals surface area contributed by atoms with Gasteiger partial charge in [-0.15, -0.1) is 0 Å². The zero-order chi connectivity index (χ0) is 20.1. The summed E-state index contributed by atoms with van der Waals surface area (Å²) in [6.45, 7) is 1.77. The van der Waals surface area contributed by atoms with Gasteiger partial charge in [-0.3, -0.25) is 9.59 Å². The molecule has 0 atom stereocenters. The van der Waals surface area contributed by atoms with Crippen molar-refractivity contribution in [1.29, 1.82) is 0 Å². The molecule has 0 N–H and O–H groups in total. The highest BCUT2D eigenvalue weighted by Gasteiger charge is 2.25. The van der Waals surface area contributed by atoms with Crippen LogP contribution >= 0.6 is 0 Å². The van der Waals surface area contributed by atoms with Gasteiger partial charge in [0.15, 0.2) is 0 Å². The molecule has 0 spiro atoms. The maximum Gasteiger partial charge on any atom is 0.254 e. The maximum absolute atomic E-state index is 13.3. The lowest BCUT2D eigenvalue weighted by Crippen LogP contribution is -2.51. The lowest BCUT2D eigenvalue weighted by Gasteiger charge is -2.35. The van der Waals surface area contributed by atoms with Crippen LogP contribution in [0.15, 0.2) is 42.5 Å². The van der Waals surface area contributed by atoms with E-state index < -0.39 is 0 Å². The van der Waals surface area contributed by atoms with E-state index >= 15 is 0 Å². The van der Waals surface area contributed by atoms with E-state index in [4.69, 9.17) is 9.47 Å². The average molecular weight is 386 g/mol. The normalized spacial score (nSPS) is 14.0. The van der Waals surface area contributed by atoms with Gasteiger partial charge >= 0.3 is 0 Å². The first kappa shape index (κ1) is 19.7. The summed E-state index contributed by atoms with van der Waals surface area (Å²) in [5.74, 6) is 0.544. The van der Waals surface area contributed by atoms with Crippen molar-refractivity contribution in [3.63, 3.8) is 0 Å². The second-order valence-corrected chi connectivity index (χ2v) is 6.58. The van der Waals surface area contributed by atoms with Gasteiger partial charge < -0.3 is 19.3 Å². The van der Waals surface area contributed by atoms with Gasteiger partial charge in [0.2, 0.25) is 5.91 Å². The zero-order valence-electron chi connectivity index (χ0n) is 16.0. The molecule has 1 saturated heterocycles. The van der Waals surface area contributed by atoms with Crippen LogP contribution in [-0.2, 0) is 11.2 Å². The highest BCUT2D eigenvalue weighted by molar-refractivity contribution is 5.95. The van der Waals surface area contributed by atoms with Gasteiger partial charge in [0.1, 0.15) is 17.3 Å². The smallest absolute Gasteiger partial charge is 0.254 e. The number of carbonyl (C=O) groups is 2. The van der Waals surface area contributed by atoms with Crippen molar-refractivity contribution in [3.8, 4) is 11.5 Å². The molecule has 0 aliphatic carbocycles. The molecule has 1 aliphatic heterocycles. The van der Waals surface area contributed by atoms with Crippen LogP contribution in [0.3, 0.4) is 0 Å². The Morgan fingerprint density at radius 3 is 2.11 bits per heavy atom. The third-order valence-corrected chi connectivity index (χ3v) is 4.76. The number of hydrogen-bond acceptors (Lipinski definition) is 4. The van der Waals surface area contributed by atoms with Gasteiger partial charge in [-0.2, -0.15) is 0 Å². The molecule has 1 aliphatic rings. The van der Waals surface area contributed by atoms with Crippen molar-refractivity contribution in [1.82, 2.24) is 9.80 Å². The Morgan fingerprint density at radius 2 is 1.54 bits per heavy atom. The Kier molecular flexibility index (Phi) is 6.13. The summed E-state index contributed by atoms with van der Waals surface area (Å²) in [7, 11) is 3.07. The predicted octanol–water partition coefficient (Wildman–Crippen LogP) is 2.37. The van der Waals surface area contributed by atoms with Crippen LogP contribution < -0.4 is 9.47 Å². The predicted molar refractivity (Wildman–Crippen MR) is 102 cm³/mol. The molecule has 6 nitrogen and oxygen atoms in total. The molecule has 0 unspecified atom stereocenters. The molecular formula is C21H23FN2O4. The Labute approximate surface area is 163 Å². The first-order chi connectivity index (χ1) is 13.5. The summed E-state index contributed by atoms with van der Waals surface area (Å²) >= 11 is 0. The van der Waals surface area contributed by atoms with Gasteiger partial charge in [0.25, 0.3) is 5.91 Å². The minimum atomic E-state index is -0.352. The highest BCUT2D eigenvalue weighted by atomic mass is 19.1. The fraction of sp³-hybridized carbons (Fsp3) is 0.333. The van der Waals surface area contributed by atoms with E-state index in [-0.39, 0.29) is 24.1 Å². The highest BCUT2D eigenvalue weighted by Crippen LogP contribution is 2.24. The summed E-state index contributed by atoms with van der Waals surface area (Å²) in [6, 6.07) is 11.1. The largest absolute Gasteiger partial charge is 0.497 e. The minimum Gasteiger partial charge on any atom is -0.497 e. The molecule has 0 saturated carbocycles. The van der Waals surface area contributed by atoms with Crippen LogP contribution in [0.2, 0.25) is 0 Å². The van der Waals surface area contributed by atoms with Gasteiger partial charge in [-0.1, -0.05) is 12.1 Å². The molecule has 3 rings (SSSR count). The molecule has 2 aromatic carbocycles. The summed E-state index contributed by atoms with van der Waals surface area (Å²) in [6.07, 6.45) is 0.152. The Hall–Kier alpha value is -3.09. The van der Waals surface area contributed by atoms with E-state index in [2.05, 4.69) is 0 Å². The molecule has 0 bridgehead atoms. The van der Waals surface area contributed by atoms with E-state index in [1.54, 1.807) is 40.1 Å². The average Bonchev–Trinajstić information content (AvgIpc) is 2.72. The van der Waals surface area contributed by atoms with E-state index in [1.165, 1.54) is 26.4 Å². The van der Waals surface area contributed by atoms with Gasteiger partial charge in [0, 0.05) is 37.8 Å². The molecule has 0 aromatic heterocycles. The van der Waals surface area contributed by atoms with E-state index in [0.29, 0.717) is 48.8 Å². The monoisotopic (exact) mass is 386 g/mol. The number of ether oxygens (including phenoxy) is 2. The lowest BCUT2D eigenvalue weighted by molar-refractivity contribution is -0.131. The first-order valence-electron chi connectivity index (χ1n) is 9.04. The standard InChI is InChI=1S/C21H23FN2O4/c1-27-18-12-16(13-19(14-18)28-2)21(26)24-8-6-23(7-9-24)20(25)11-15-4-3-5-17(22)10-15/h3-5,10,12-14H,6-9,11H2,1-2H3. The molecule has 2 amide bonds. The molecule has 148 valence electrons. The number of carbonyl (C=O) groups excluding carboxylic acids is 2. The van der Waals surface area contributed by atoms with Crippen LogP contribution in [0.1, 0.15) is 15.9 Å². The molecule has 28 heavy (non-hydrogen) atoms. The van der Waals surface area contributed by atoms with Crippen molar-refractivity contribution in [2.24, 2.45) is 0 Å². The van der Waals surface area contributed by atoms with Gasteiger partial charge in [-0.05, 0) is 29.8 Å². The molecule has 2 aromatic rings. The number of amides is 2. The second kappa shape index (κ2) is 8.73. The van der Waals surface area contributed by atoms with Gasteiger partial charge in [-0.25, -0.2) is 4.39 Å². The third-order valence-electron chi connectivity index (χ3n) is 4.76. The SMILES string of the molecule is COc1cc(OC)cc(C(=O)N2CCN(C(=O)Cc3cccc(F)c3)CC2)c1. The number of benzene rings is 2. The fourth-order valence-electron chi connectivity index (χ4n) is 3.21. The van der Waals surface area contributed by atoms with Crippen molar-refractivity contribution >= 4 is 11.8 Å².